The average molecular weight is 151 g/mol. The summed E-state index contributed by atoms with van der Waals surface area (Å²) < 4.78 is 4.82. The van der Waals surface area contributed by atoms with Gasteiger partial charge in [0.15, 0.2) is 0 Å². The van der Waals surface area contributed by atoms with Crippen LogP contribution in [-0.4, -0.2) is 23.7 Å². The standard InChI is InChI=1S/C6H11ClO2/c1-2-3-9-5-6(8)4-7/h2-3,6,8H,4-5H2,1H3. The van der Waals surface area contributed by atoms with Crippen LogP contribution in [0.5, 0.6) is 0 Å². The van der Waals surface area contributed by atoms with Crippen molar-refractivity contribution in [3.63, 3.8) is 0 Å². The van der Waals surface area contributed by atoms with Gasteiger partial charge in [-0.05, 0) is 6.92 Å². The quantitative estimate of drug-likeness (QED) is 0.481. The largest absolute Gasteiger partial charge is 0.499 e. The summed E-state index contributed by atoms with van der Waals surface area (Å²) >= 11 is 5.28. The summed E-state index contributed by atoms with van der Waals surface area (Å²) in [5, 5.41) is 8.79. The molecule has 2 nitrogen and oxygen atoms in total. The molecule has 0 aromatic carbocycles. The van der Waals surface area contributed by atoms with Crippen molar-refractivity contribution < 1.29 is 9.84 Å². The van der Waals surface area contributed by atoms with Gasteiger partial charge in [0, 0.05) is 0 Å². The Morgan fingerprint density at radius 1 is 1.78 bits per heavy atom. The van der Waals surface area contributed by atoms with Gasteiger partial charge in [-0.2, -0.15) is 0 Å². The van der Waals surface area contributed by atoms with Crippen molar-refractivity contribution in [1.82, 2.24) is 0 Å². The highest BCUT2D eigenvalue weighted by molar-refractivity contribution is 6.18. The molecule has 0 aliphatic carbocycles. The molecule has 0 rings (SSSR count). The maximum atomic E-state index is 8.79. The van der Waals surface area contributed by atoms with E-state index in [0.717, 1.165) is 0 Å². The third-order valence-electron chi connectivity index (χ3n) is 0.699. The fraction of sp³-hybridized carbons (Fsp3) is 0.667. The first-order valence-corrected chi connectivity index (χ1v) is 3.31. The second-order valence-corrected chi connectivity index (χ2v) is 1.92. The zero-order valence-electron chi connectivity index (χ0n) is 5.38. The summed E-state index contributed by atoms with van der Waals surface area (Å²) in [5.74, 6) is 0.220. The number of halogens is 1. The highest BCUT2D eigenvalue weighted by Gasteiger charge is 1.98. The number of hydrogen-bond donors (Lipinski definition) is 1. The van der Waals surface area contributed by atoms with E-state index in [1.54, 1.807) is 6.08 Å². The summed E-state index contributed by atoms with van der Waals surface area (Å²) in [4.78, 5) is 0. The Labute approximate surface area is 60.1 Å². The number of rotatable bonds is 4. The molecule has 1 N–H and O–H groups in total. The van der Waals surface area contributed by atoms with Crippen LogP contribution in [0.15, 0.2) is 12.3 Å². The SMILES string of the molecule is CC=COCC(O)CCl. The predicted octanol–water partition coefficient (Wildman–Crippen LogP) is 1.14. The molecule has 0 aromatic heterocycles. The van der Waals surface area contributed by atoms with E-state index in [2.05, 4.69) is 0 Å². The Hall–Kier alpha value is -0.210. The smallest absolute Gasteiger partial charge is 0.114 e. The fourth-order valence-electron chi connectivity index (χ4n) is 0.307. The molecule has 0 radical (unpaired) electrons. The minimum absolute atomic E-state index is 0.220. The van der Waals surface area contributed by atoms with E-state index in [1.165, 1.54) is 6.26 Å². The number of aliphatic hydroxyl groups excluding tert-OH is 1. The first-order valence-electron chi connectivity index (χ1n) is 2.78. The van der Waals surface area contributed by atoms with Gasteiger partial charge in [-0.3, -0.25) is 0 Å². The molecule has 0 bridgehead atoms. The first kappa shape index (κ1) is 8.79. The van der Waals surface area contributed by atoms with Gasteiger partial charge in [0.05, 0.1) is 12.1 Å². The van der Waals surface area contributed by atoms with Crippen molar-refractivity contribution in [2.24, 2.45) is 0 Å². The molecule has 0 aliphatic heterocycles. The normalized spacial score (nSPS) is 14.1. The van der Waals surface area contributed by atoms with Crippen LogP contribution in [0.4, 0.5) is 0 Å². The molecular formula is C6H11ClO2. The average Bonchev–Trinajstić information content (AvgIpc) is 1.89. The van der Waals surface area contributed by atoms with E-state index >= 15 is 0 Å². The Balaban J connectivity index is 3.06. The summed E-state index contributed by atoms with van der Waals surface area (Å²) in [6.07, 6.45) is 2.72. The van der Waals surface area contributed by atoms with Crippen molar-refractivity contribution in [1.29, 1.82) is 0 Å². The number of allylic oxidation sites excluding steroid dienone is 1. The second kappa shape index (κ2) is 5.92. The summed E-state index contributed by atoms with van der Waals surface area (Å²) in [5.41, 5.74) is 0. The van der Waals surface area contributed by atoms with Crippen molar-refractivity contribution in [2.45, 2.75) is 13.0 Å². The molecule has 0 heterocycles. The third-order valence-corrected chi connectivity index (χ3v) is 1.06. The van der Waals surface area contributed by atoms with Crippen LogP contribution in [0.1, 0.15) is 6.92 Å². The van der Waals surface area contributed by atoms with Crippen molar-refractivity contribution in [3.8, 4) is 0 Å². The molecule has 0 aromatic rings. The van der Waals surface area contributed by atoms with Crippen molar-refractivity contribution in [3.05, 3.63) is 12.3 Å². The molecule has 0 saturated carbocycles. The van der Waals surface area contributed by atoms with Crippen LogP contribution in [0, 0.1) is 0 Å². The van der Waals surface area contributed by atoms with E-state index in [4.69, 9.17) is 21.4 Å². The predicted molar refractivity (Wildman–Crippen MR) is 37.5 cm³/mol. The van der Waals surface area contributed by atoms with Crippen LogP contribution in [-0.2, 0) is 4.74 Å². The number of aliphatic hydroxyl groups is 1. The maximum absolute atomic E-state index is 8.79. The summed E-state index contributed by atoms with van der Waals surface area (Å²) in [7, 11) is 0. The lowest BCUT2D eigenvalue weighted by Crippen LogP contribution is -2.14. The Morgan fingerprint density at radius 3 is 2.89 bits per heavy atom. The van der Waals surface area contributed by atoms with Crippen LogP contribution in [0.25, 0.3) is 0 Å². The van der Waals surface area contributed by atoms with Crippen LogP contribution in [0.2, 0.25) is 0 Å². The molecule has 0 aliphatic rings. The van der Waals surface area contributed by atoms with Gasteiger partial charge < -0.3 is 9.84 Å². The monoisotopic (exact) mass is 150 g/mol. The fourth-order valence-corrected chi connectivity index (χ4v) is 0.396. The topological polar surface area (TPSA) is 29.5 Å². The van der Waals surface area contributed by atoms with Gasteiger partial charge in [0.2, 0.25) is 0 Å². The van der Waals surface area contributed by atoms with Crippen molar-refractivity contribution in [2.75, 3.05) is 12.5 Å². The minimum Gasteiger partial charge on any atom is -0.499 e. The zero-order chi connectivity index (χ0) is 7.11. The molecule has 0 amide bonds. The number of hydrogen-bond acceptors (Lipinski definition) is 2. The van der Waals surface area contributed by atoms with Crippen LogP contribution in [0.3, 0.4) is 0 Å². The number of alkyl halides is 1. The van der Waals surface area contributed by atoms with Gasteiger partial charge in [-0.25, -0.2) is 0 Å². The summed E-state index contributed by atoms with van der Waals surface area (Å²) in [6, 6.07) is 0. The molecule has 1 atom stereocenters. The lowest BCUT2D eigenvalue weighted by Gasteiger charge is -2.03. The molecule has 0 saturated heterocycles. The number of ether oxygens (including phenoxy) is 1. The lowest BCUT2D eigenvalue weighted by molar-refractivity contribution is 0.0998. The van der Waals surface area contributed by atoms with Gasteiger partial charge in [-0.1, -0.05) is 6.08 Å². The minimum atomic E-state index is -0.553. The molecule has 54 valence electrons. The third kappa shape index (κ3) is 5.66. The Kier molecular flexibility index (Phi) is 5.78. The van der Waals surface area contributed by atoms with E-state index in [1.807, 2.05) is 6.92 Å². The zero-order valence-corrected chi connectivity index (χ0v) is 6.14. The second-order valence-electron chi connectivity index (χ2n) is 1.61. The Morgan fingerprint density at radius 2 is 2.44 bits per heavy atom. The van der Waals surface area contributed by atoms with Gasteiger partial charge in [0.25, 0.3) is 0 Å². The van der Waals surface area contributed by atoms with E-state index in [0.29, 0.717) is 0 Å². The van der Waals surface area contributed by atoms with E-state index in [-0.39, 0.29) is 12.5 Å². The lowest BCUT2D eigenvalue weighted by atomic mass is 10.4. The molecule has 0 fully saturated rings. The maximum Gasteiger partial charge on any atom is 0.114 e. The van der Waals surface area contributed by atoms with Crippen LogP contribution >= 0.6 is 11.6 Å². The van der Waals surface area contributed by atoms with Gasteiger partial charge >= 0.3 is 0 Å². The molecular weight excluding hydrogens is 140 g/mol. The summed E-state index contributed by atoms with van der Waals surface area (Å²) in [6.45, 7) is 2.11. The van der Waals surface area contributed by atoms with E-state index < -0.39 is 6.10 Å². The van der Waals surface area contributed by atoms with Crippen molar-refractivity contribution >= 4 is 11.6 Å². The first-order chi connectivity index (χ1) is 4.31. The highest BCUT2D eigenvalue weighted by atomic mass is 35.5. The Bertz CT molecular complexity index is 83.1. The molecule has 0 spiro atoms. The highest BCUT2D eigenvalue weighted by Crippen LogP contribution is 1.88. The van der Waals surface area contributed by atoms with Crippen LogP contribution < -0.4 is 0 Å². The van der Waals surface area contributed by atoms with Gasteiger partial charge in [0.1, 0.15) is 12.7 Å². The molecule has 3 heteroatoms. The molecule has 1 unspecified atom stereocenters. The van der Waals surface area contributed by atoms with Gasteiger partial charge in [-0.15, -0.1) is 11.6 Å². The van der Waals surface area contributed by atoms with E-state index in [9.17, 15) is 0 Å². The molecule has 9 heavy (non-hydrogen) atoms.